The Kier molecular flexibility index (Phi) is 5.17. The van der Waals surface area contributed by atoms with Crippen LogP contribution < -0.4 is 10.2 Å². The maximum Gasteiger partial charge on any atom is 0.224 e. The van der Waals surface area contributed by atoms with Gasteiger partial charge in [-0.05, 0) is 26.8 Å². The van der Waals surface area contributed by atoms with Crippen LogP contribution >= 0.6 is 0 Å². The smallest absolute Gasteiger partial charge is 0.224 e. The Balaban J connectivity index is 2.10. The molecule has 1 aliphatic heterocycles. The minimum atomic E-state index is 0.580. The van der Waals surface area contributed by atoms with E-state index in [9.17, 15) is 0 Å². The van der Waals surface area contributed by atoms with E-state index in [4.69, 9.17) is 0 Å². The molecule has 1 aromatic rings. The number of anilines is 2. The molecule has 0 bridgehead atoms. The second kappa shape index (κ2) is 6.88. The fourth-order valence-corrected chi connectivity index (χ4v) is 2.70. The molecule has 1 unspecified atom stereocenters. The van der Waals surface area contributed by atoms with Gasteiger partial charge in [-0.25, -0.2) is 4.98 Å². The third kappa shape index (κ3) is 3.60. The summed E-state index contributed by atoms with van der Waals surface area (Å²) >= 11 is 0. The summed E-state index contributed by atoms with van der Waals surface area (Å²) in [5, 5.41) is 3.29. The van der Waals surface area contributed by atoms with E-state index in [2.05, 4.69) is 51.9 Å². The molecule has 0 saturated carbocycles. The summed E-state index contributed by atoms with van der Waals surface area (Å²) in [6.45, 7) is 13.9. The van der Waals surface area contributed by atoms with Crippen molar-refractivity contribution in [2.24, 2.45) is 0 Å². The highest BCUT2D eigenvalue weighted by Crippen LogP contribution is 2.19. The van der Waals surface area contributed by atoms with Crippen LogP contribution in [0.2, 0.25) is 0 Å². The Bertz CT molecular complexity index is 434. The Hall–Kier alpha value is -1.36. The number of aromatic nitrogens is 2. The third-order valence-corrected chi connectivity index (χ3v) is 3.87. The van der Waals surface area contributed by atoms with Gasteiger partial charge >= 0.3 is 0 Å². The Labute approximate surface area is 122 Å². The summed E-state index contributed by atoms with van der Waals surface area (Å²) in [5.41, 5.74) is 1.03. The van der Waals surface area contributed by atoms with Gasteiger partial charge < -0.3 is 10.2 Å². The molecule has 1 fully saturated rings. The number of hydrogen-bond donors (Lipinski definition) is 1. The molecule has 0 radical (unpaired) electrons. The molecule has 0 amide bonds. The van der Waals surface area contributed by atoms with Crippen molar-refractivity contribution >= 4 is 11.8 Å². The molecule has 5 nitrogen and oxygen atoms in total. The van der Waals surface area contributed by atoms with E-state index in [0.717, 1.165) is 56.6 Å². The van der Waals surface area contributed by atoms with E-state index in [0.29, 0.717) is 6.04 Å². The van der Waals surface area contributed by atoms with Crippen LogP contribution in [0.1, 0.15) is 32.9 Å². The number of aryl methyl sites for hydroxylation is 1. The lowest BCUT2D eigenvalue weighted by atomic mass is 10.2. The van der Waals surface area contributed by atoms with Crippen LogP contribution in [0, 0.1) is 6.92 Å². The van der Waals surface area contributed by atoms with Crippen LogP contribution in [0.5, 0.6) is 0 Å². The second-order valence-electron chi connectivity index (χ2n) is 5.54. The quantitative estimate of drug-likeness (QED) is 0.893. The van der Waals surface area contributed by atoms with Crippen molar-refractivity contribution in [2.45, 2.75) is 40.2 Å². The lowest BCUT2D eigenvalue weighted by molar-refractivity contribution is 0.199. The molecule has 112 valence electrons. The summed E-state index contributed by atoms with van der Waals surface area (Å²) in [4.78, 5) is 14.0. The number of likely N-dealkylation sites (N-methyl/N-ethyl adjacent to an activating group) is 1. The first-order chi connectivity index (χ1) is 9.63. The van der Waals surface area contributed by atoms with Crippen molar-refractivity contribution in [1.29, 1.82) is 0 Å². The van der Waals surface area contributed by atoms with E-state index in [1.165, 1.54) is 0 Å². The number of nitrogens with zero attached hydrogens (tertiary/aromatic N) is 4. The molecule has 5 heteroatoms. The van der Waals surface area contributed by atoms with Gasteiger partial charge in [0.2, 0.25) is 5.95 Å². The zero-order valence-corrected chi connectivity index (χ0v) is 13.2. The van der Waals surface area contributed by atoms with Gasteiger partial charge in [0, 0.05) is 44.0 Å². The average molecular weight is 277 g/mol. The maximum absolute atomic E-state index is 4.67. The molecule has 1 N–H and O–H groups in total. The van der Waals surface area contributed by atoms with Gasteiger partial charge in [-0.1, -0.05) is 13.8 Å². The number of hydrogen-bond acceptors (Lipinski definition) is 5. The maximum atomic E-state index is 4.67. The zero-order valence-electron chi connectivity index (χ0n) is 13.2. The normalized spacial score (nSPS) is 20.2. The molecular weight excluding hydrogens is 250 g/mol. The van der Waals surface area contributed by atoms with Crippen LogP contribution in [0.25, 0.3) is 0 Å². The lowest BCUT2D eigenvalue weighted by Crippen LogP contribution is -2.52. The van der Waals surface area contributed by atoms with Gasteiger partial charge in [0.05, 0.1) is 0 Å². The molecule has 1 aliphatic rings. The monoisotopic (exact) mass is 277 g/mol. The van der Waals surface area contributed by atoms with Crippen molar-refractivity contribution < 1.29 is 0 Å². The van der Waals surface area contributed by atoms with Crippen LogP contribution in [0.15, 0.2) is 6.07 Å². The van der Waals surface area contributed by atoms with Crippen LogP contribution in [0.4, 0.5) is 11.8 Å². The Morgan fingerprint density at radius 1 is 1.30 bits per heavy atom. The Morgan fingerprint density at radius 3 is 2.75 bits per heavy atom. The third-order valence-electron chi connectivity index (χ3n) is 3.87. The van der Waals surface area contributed by atoms with Crippen LogP contribution in [-0.2, 0) is 0 Å². The highest BCUT2D eigenvalue weighted by molar-refractivity contribution is 5.45. The van der Waals surface area contributed by atoms with Gasteiger partial charge in [0.25, 0.3) is 0 Å². The average Bonchev–Trinajstić information content (AvgIpc) is 2.44. The van der Waals surface area contributed by atoms with Crippen LogP contribution in [0.3, 0.4) is 0 Å². The predicted molar refractivity (Wildman–Crippen MR) is 84.5 cm³/mol. The van der Waals surface area contributed by atoms with Crippen LogP contribution in [-0.4, -0.2) is 53.6 Å². The van der Waals surface area contributed by atoms with Crippen molar-refractivity contribution in [3.8, 4) is 0 Å². The predicted octanol–water partition coefficient (Wildman–Crippen LogP) is 2.14. The topological polar surface area (TPSA) is 44.3 Å². The van der Waals surface area contributed by atoms with E-state index in [-0.39, 0.29) is 0 Å². The first-order valence-corrected chi connectivity index (χ1v) is 7.72. The molecule has 1 atom stereocenters. The molecule has 0 aromatic carbocycles. The molecule has 1 aromatic heterocycles. The van der Waals surface area contributed by atoms with E-state index in [1.807, 2.05) is 6.92 Å². The van der Waals surface area contributed by atoms with Crippen molar-refractivity contribution in [2.75, 3.05) is 42.9 Å². The number of nitrogens with one attached hydrogen (secondary N) is 1. The SMILES string of the molecule is CCCNc1nc(C)cc(N2CCN(CC)C(C)C2)n1. The van der Waals surface area contributed by atoms with Crippen molar-refractivity contribution in [1.82, 2.24) is 14.9 Å². The van der Waals surface area contributed by atoms with E-state index >= 15 is 0 Å². The standard InChI is InChI=1S/C15H27N5/c1-5-7-16-15-17-12(3)10-14(18-15)20-9-8-19(6-2)13(4)11-20/h10,13H,5-9,11H2,1-4H3,(H,16,17,18). The fourth-order valence-electron chi connectivity index (χ4n) is 2.70. The first-order valence-electron chi connectivity index (χ1n) is 7.72. The molecule has 0 aliphatic carbocycles. The van der Waals surface area contributed by atoms with Gasteiger partial charge in [-0.15, -0.1) is 0 Å². The molecule has 2 rings (SSSR count). The minimum absolute atomic E-state index is 0.580. The first kappa shape index (κ1) is 15.0. The summed E-state index contributed by atoms with van der Waals surface area (Å²) in [6, 6.07) is 2.67. The zero-order chi connectivity index (χ0) is 14.5. The molecule has 2 heterocycles. The van der Waals surface area contributed by atoms with E-state index < -0.39 is 0 Å². The van der Waals surface area contributed by atoms with Crippen molar-refractivity contribution in [3.63, 3.8) is 0 Å². The highest BCUT2D eigenvalue weighted by atomic mass is 15.3. The minimum Gasteiger partial charge on any atom is -0.354 e. The number of rotatable bonds is 5. The van der Waals surface area contributed by atoms with Gasteiger partial charge in [-0.2, -0.15) is 4.98 Å². The van der Waals surface area contributed by atoms with Gasteiger partial charge in [-0.3, -0.25) is 4.90 Å². The highest BCUT2D eigenvalue weighted by Gasteiger charge is 2.23. The summed E-state index contributed by atoms with van der Waals surface area (Å²) in [6.07, 6.45) is 1.08. The van der Waals surface area contributed by atoms with Gasteiger partial charge in [0.15, 0.2) is 0 Å². The molecule has 0 spiro atoms. The molecule has 1 saturated heterocycles. The summed E-state index contributed by atoms with van der Waals surface area (Å²) < 4.78 is 0. The van der Waals surface area contributed by atoms with E-state index in [1.54, 1.807) is 0 Å². The fraction of sp³-hybridized carbons (Fsp3) is 0.733. The molecule has 20 heavy (non-hydrogen) atoms. The molecular formula is C15H27N5. The largest absolute Gasteiger partial charge is 0.354 e. The lowest BCUT2D eigenvalue weighted by Gasteiger charge is -2.40. The number of piperazine rings is 1. The summed E-state index contributed by atoms with van der Waals surface area (Å²) in [7, 11) is 0. The van der Waals surface area contributed by atoms with Crippen molar-refractivity contribution in [3.05, 3.63) is 11.8 Å². The second-order valence-corrected chi connectivity index (χ2v) is 5.54. The Morgan fingerprint density at radius 2 is 2.10 bits per heavy atom. The van der Waals surface area contributed by atoms with Gasteiger partial charge in [0.1, 0.15) is 5.82 Å². The summed E-state index contributed by atoms with van der Waals surface area (Å²) in [5.74, 6) is 1.81.